The van der Waals surface area contributed by atoms with Crippen LogP contribution < -0.4 is 39.8 Å². The first kappa shape index (κ1) is 30.9. The van der Waals surface area contributed by atoms with E-state index in [9.17, 15) is 40.9 Å². The Bertz CT molecular complexity index is 1540. The van der Waals surface area contributed by atoms with Crippen LogP contribution in [-0.2, 0) is 37.6 Å². The minimum Gasteiger partial charge on any atom is -0.857 e. The van der Waals surface area contributed by atoms with Crippen molar-refractivity contribution in [2.24, 2.45) is 10.2 Å². The molecular weight excluding hydrogens is 555 g/mol. The molecule has 2 aromatic carbocycles. The fourth-order valence-corrected chi connectivity index (χ4v) is 3.90. The molecule has 0 aliphatic carbocycles. The number of nitrogens with zero attached hydrogens (tertiary/aromatic N) is 4. The molecular formula is C18H12CrN4NaO9S2. The van der Waals surface area contributed by atoms with Crippen molar-refractivity contribution in [1.82, 2.24) is 9.78 Å². The minimum atomic E-state index is -4.94. The van der Waals surface area contributed by atoms with Crippen molar-refractivity contribution in [2.75, 3.05) is 0 Å². The summed E-state index contributed by atoms with van der Waals surface area (Å²) in [5.41, 5.74) is -1.23. The van der Waals surface area contributed by atoms with Gasteiger partial charge < -0.3 is 24.1 Å². The molecule has 1 heterocycles. The molecule has 0 N–H and O–H groups in total. The van der Waals surface area contributed by atoms with Gasteiger partial charge in [-0.2, -0.15) is 5.10 Å². The number of carboxylic acid groups (broad SMARTS) is 1. The van der Waals surface area contributed by atoms with Crippen molar-refractivity contribution < 1.29 is 87.9 Å². The predicted molar refractivity (Wildman–Crippen MR) is 103 cm³/mol. The van der Waals surface area contributed by atoms with Crippen molar-refractivity contribution in [2.45, 2.75) is 23.6 Å². The van der Waals surface area contributed by atoms with Crippen molar-refractivity contribution >= 4 is 37.6 Å². The first-order chi connectivity index (χ1) is 15.2. The molecule has 0 bridgehead atoms. The van der Waals surface area contributed by atoms with E-state index in [0.717, 1.165) is 28.9 Å². The number of aromatic carboxylic acids is 1. The monoisotopic (exact) mass is 567 g/mol. The Kier molecular flexibility index (Phi) is 9.97. The molecule has 0 atom stereocenters. The molecule has 17 heteroatoms. The number of hydrogen-bond acceptors (Lipinski definition) is 12. The molecule has 1 aromatic heterocycles. The first-order valence-electron chi connectivity index (χ1n) is 8.76. The Morgan fingerprint density at radius 3 is 2.09 bits per heavy atom. The molecule has 0 amide bonds. The van der Waals surface area contributed by atoms with Gasteiger partial charge >= 0.3 is 46.9 Å². The fraction of sp³-hybridized carbons (Fsp3) is 0.111. The molecule has 0 saturated carbocycles. The zero-order valence-corrected chi connectivity index (χ0v) is 23.1. The van der Waals surface area contributed by atoms with Crippen LogP contribution in [0.4, 0.5) is 11.4 Å². The third-order valence-corrected chi connectivity index (χ3v) is 5.94. The van der Waals surface area contributed by atoms with Gasteiger partial charge in [-0.15, -0.1) is 10.2 Å². The average Bonchev–Trinajstić information content (AvgIpc) is 2.98. The normalized spacial score (nSPS) is 11.7. The van der Waals surface area contributed by atoms with E-state index in [2.05, 4.69) is 15.3 Å². The maximum Gasteiger partial charge on any atom is 3.00 e. The third kappa shape index (κ3) is 6.97. The topological polar surface area (TPSA) is 220 Å². The van der Waals surface area contributed by atoms with E-state index in [1.807, 2.05) is 0 Å². The number of carboxylic acids is 1. The second kappa shape index (κ2) is 11.3. The predicted octanol–water partition coefficient (Wildman–Crippen LogP) is -2.85. The van der Waals surface area contributed by atoms with E-state index < -0.39 is 53.1 Å². The van der Waals surface area contributed by atoms with Gasteiger partial charge in [-0.3, -0.25) is 0 Å². The minimum absolute atomic E-state index is 0. The Morgan fingerprint density at radius 1 is 0.943 bits per heavy atom. The van der Waals surface area contributed by atoms with Gasteiger partial charge in [0.05, 0.1) is 32.8 Å². The largest absolute Gasteiger partial charge is 3.00 e. The summed E-state index contributed by atoms with van der Waals surface area (Å²) in [4.78, 5) is 9.91. The summed E-state index contributed by atoms with van der Waals surface area (Å²) in [6.45, 7) is 2.85. The van der Waals surface area contributed by atoms with Crippen molar-refractivity contribution in [1.29, 1.82) is 0 Å². The molecule has 3 aromatic rings. The molecule has 0 aliphatic heterocycles. The van der Waals surface area contributed by atoms with Gasteiger partial charge in [0, 0.05) is 11.4 Å². The van der Waals surface area contributed by atoms with Crippen LogP contribution in [0.15, 0.2) is 56.4 Å². The SMILES string of the molecule is Cc1cc(-n2nc(C)c(N=Nc3cc(S(=O)(=O)[O-])ccc3C(=O)[O-])c2[O-])cc(S(=O)(=O)[O-])c1.[Cr+3].[Na+]. The van der Waals surface area contributed by atoms with Crippen LogP contribution in [0.25, 0.3) is 5.69 Å². The van der Waals surface area contributed by atoms with E-state index in [1.54, 1.807) is 0 Å². The van der Waals surface area contributed by atoms with Crippen molar-refractivity contribution in [3.8, 4) is 11.6 Å². The first-order valence-corrected chi connectivity index (χ1v) is 11.6. The van der Waals surface area contributed by atoms with E-state index in [-0.39, 0.29) is 64.0 Å². The second-order valence-electron chi connectivity index (χ2n) is 6.73. The summed E-state index contributed by atoms with van der Waals surface area (Å²) < 4.78 is 68.5. The standard InChI is InChI=1S/C18H16N4O9S2.Cr.Na/c1-9-5-11(7-13(6-9)33(29,30)31)22-17(23)16(10(2)21-22)20-19-15-8-12(32(26,27)28)3-4-14(15)18(24)25;;/h3-8,23H,1-2H3,(H,24,25)(H,26,27,28)(H,29,30,31);;/q;+3;+1/p-4. The summed E-state index contributed by atoms with van der Waals surface area (Å²) in [5.74, 6) is -2.63. The Labute approximate surface area is 232 Å². The second-order valence-corrected chi connectivity index (χ2v) is 9.49. The smallest absolute Gasteiger partial charge is 0.857 e. The Hall–Kier alpha value is -2.13. The number of azo groups is 1. The van der Waals surface area contributed by atoms with Crippen molar-refractivity contribution in [3.63, 3.8) is 0 Å². The quantitative estimate of drug-likeness (QED) is 0.168. The van der Waals surface area contributed by atoms with E-state index in [4.69, 9.17) is 0 Å². The van der Waals surface area contributed by atoms with Crippen molar-refractivity contribution in [3.05, 3.63) is 53.2 Å². The Balaban J connectivity index is 0.00000306. The molecule has 1 radical (unpaired) electrons. The number of benzene rings is 2. The molecule has 177 valence electrons. The molecule has 0 unspecified atom stereocenters. The van der Waals surface area contributed by atoms with Crippen LogP contribution in [-0.4, -0.2) is 41.7 Å². The summed E-state index contributed by atoms with van der Waals surface area (Å²) >= 11 is 0. The average molecular weight is 567 g/mol. The molecule has 35 heavy (non-hydrogen) atoms. The van der Waals surface area contributed by atoms with Crippen LogP contribution in [0.5, 0.6) is 5.88 Å². The van der Waals surface area contributed by atoms with Gasteiger partial charge in [-0.05, 0) is 55.8 Å². The summed E-state index contributed by atoms with van der Waals surface area (Å²) in [7, 11) is -9.76. The maximum absolute atomic E-state index is 12.8. The summed E-state index contributed by atoms with van der Waals surface area (Å²) in [6.07, 6.45) is 0. The third-order valence-electron chi connectivity index (χ3n) is 4.29. The number of hydrogen-bond donors (Lipinski definition) is 0. The maximum atomic E-state index is 12.8. The number of rotatable bonds is 6. The number of aromatic nitrogens is 2. The van der Waals surface area contributed by atoms with Gasteiger partial charge in [0.15, 0.2) is 0 Å². The van der Waals surface area contributed by atoms with E-state index in [0.29, 0.717) is 11.6 Å². The molecule has 13 nitrogen and oxygen atoms in total. The fourth-order valence-electron chi connectivity index (χ4n) is 2.81. The van der Waals surface area contributed by atoms with Gasteiger partial charge in [0.2, 0.25) is 0 Å². The number of aryl methyl sites for hydroxylation is 2. The summed E-state index contributed by atoms with van der Waals surface area (Å²) in [5, 5.41) is 35.2. The zero-order chi connectivity index (χ0) is 24.7. The number of carbonyl (C=O) groups excluding carboxylic acids is 1. The molecule has 0 fully saturated rings. The van der Waals surface area contributed by atoms with E-state index >= 15 is 0 Å². The summed E-state index contributed by atoms with van der Waals surface area (Å²) in [6, 6.07) is 5.66. The van der Waals surface area contributed by atoms with Crippen LogP contribution in [0.1, 0.15) is 21.6 Å². The molecule has 0 saturated heterocycles. The van der Waals surface area contributed by atoms with Crippen LogP contribution in [0.3, 0.4) is 0 Å². The van der Waals surface area contributed by atoms with Crippen LogP contribution in [0.2, 0.25) is 0 Å². The van der Waals surface area contributed by atoms with Gasteiger partial charge in [-0.1, -0.05) is 0 Å². The Morgan fingerprint density at radius 2 is 1.54 bits per heavy atom. The van der Waals surface area contributed by atoms with Crippen LogP contribution >= 0.6 is 0 Å². The molecule has 3 rings (SSSR count). The molecule has 0 aliphatic rings. The molecule has 0 spiro atoms. The van der Waals surface area contributed by atoms with E-state index in [1.165, 1.54) is 19.9 Å². The van der Waals surface area contributed by atoms with Gasteiger partial charge in [-0.25, -0.2) is 21.5 Å². The number of carbonyl (C=O) groups is 1. The van der Waals surface area contributed by atoms with Crippen LogP contribution in [0, 0.1) is 13.8 Å². The van der Waals surface area contributed by atoms with Gasteiger partial charge in [0.1, 0.15) is 25.9 Å². The zero-order valence-electron chi connectivity index (χ0n) is 18.2. The van der Waals surface area contributed by atoms with Gasteiger partial charge in [0.25, 0.3) is 0 Å².